The predicted octanol–water partition coefficient (Wildman–Crippen LogP) is 1.55. The molecule has 2 N–H and O–H groups in total. The van der Waals surface area contributed by atoms with Crippen LogP contribution in [-0.2, 0) is 11.2 Å². The average molecular weight is 202 g/mol. The van der Waals surface area contributed by atoms with Gasteiger partial charge in [-0.1, -0.05) is 18.7 Å². The van der Waals surface area contributed by atoms with Crippen LogP contribution >= 0.6 is 23.1 Å². The summed E-state index contributed by atoms with van der Waals surface area (Å²) in [7, 11) is 0. The van der Waals surface area contributed by atoms with Crippen molar-refractivity contribution in [1.29, 1.82) is 0 Å². The topological polar surface area (TPSA) is 56.0 Å². The fraction of sp³-hybridized carbons (Fsp3) is 0.429. The fourth-order valence-electron chi connectivity index (χ4n) is 0.764. The molecule has 0 saturated heterocycles. The summed E-state index contributed by atoms with van der Waals surface area (Å²) in [6.45, 7) is 1.96. The van der Waals surface area contributed by atoms with E-state index >= 15 is 0 Å². The molecule has 1 rings (SSSR count). The summed E-state index contributed by atoms with van der Waals surface area (Å²) in [6.07, 6.45) is 0.395. The predicted molar refractivity (Wildman–Crippen MR) is 53.4 cm³/mol. The Balaban J connectivity index is 2.46. The van der Waals surface area contributed by atoms with E-state index in [-0.39, 0.29) is 5.12 Å². The molecule has 0 radical (unpaired) electrons. The SMILES string of the molecule is CCSC(=O)Cc1csc(N)n1. The van der Waals surface area contributed by atoms with E-state index in [0.717, 1.165) is 11.4 Å². The first-order valence-corrected chi connectivity index (χ1v) is 5.44. The highest BCUT2D eigenvalue weighted by molar-refractivity contribution is 8.13. The van der Waals surface area contributed by atoms with Gasteiger partial charge in [-0.3, -0.25) is 4.79 Å². The Morgan fingerprint density at radius 2 is 2.58 bits per heavy atom. The molecule has 1 heterocycles. The summed E-state index contributed by atoms with van der Waals surface area (Å²) in [5, 5.41) is 2.51. The summed E-state index contributed by atoms with van der Waals surface area (Å²) in [5.41, 5.74) is 6.20. The van der Waals surface area contributed by atoms with Gasteiger partial charge in [0.2, 0.25) is 0 Å². The minimum Gasteiger partial charge on any atom is -0.375 e. The summed E-state index contributed by atoms with van der Waals surface area (Å²) in [5.74, 6) is 0.818. The number of hydrogen-bond donors (Lipinski definition) is 1. The van der Waals surface area contributed by atoms with E-state index in [1.54, 1.807) is 0 Å². The molecule has 1 aromatic heterocycles. The minimum atomic E-state index is 0.155. The third-order valence-corrected chi connectivity index (χ3v) is 2.68. The number of anilines is 1. The number of carbonyl (C=O) groups is 1. The van der Waals surface area contributed by atoms with Crippen molar-refractivity contribution in [2.75, 3.05) is 11.5 Å². The van der Waals surface area contributed by atoms with Crippen molar-refractivity contribution in [3.63, 3.8) is 0 Å². The van der Waals surface area contributed by atoms with Crippen LogP contribution in [0.4, 0.5) is 5.13 Å². The Morgan fingerprint density at radius 1 is 1.83 bits per heavy atom. The van der Waals surface area contributed by atoms with Gasteiger partial charge in [0, 0.05) is 5.38 Å². The molecule has 12 heavy (non-hydrogen) atoms. The van der Waals surface area contributed by atoms with Crippen LogP contribution in [0.2, 0.25) is 0 Å². The summed E-state index contributed by atoms with van der Waals surface area (Å²) in [4.78, 5) is 15.1. The van der Waals surface area contributed by atoms with Gasteiger partial charge in [-0.25, -0.2) is 4.98 Å². The number of thioether (sulfide) groups is 1. The molecule has 66 valence electrons. The highest BCUT2D eigenvalue weighted by Crippen LogP contribution is 2.14. The Kier molecular flexibility index (Phi) is 3.55. The van der Waals surface area contributed by atoms with Crippen molar-refractivity contribution in [1.82, 2.24) is 4.98 Å². The van der Waals surface area contributed by atoms with Crippen LogP contribution in [0.5, 0.6) is 0 Å². The second-order valence-corrected chi connectivity index (χ2v) is 4.37. The van der Waals surface area contributed by atoms with Crippen molar-refractivity contribution < 1.29 is 4.79 Å². The average Bonchev–Trinajstić information content (AvgIpc) is 2.36. The lowest BCUT2D eigenvalue weighted by Gasteiger charge is -1.93. The van der Waals surface area contributed by atoms with Crippen molar-refractivity contribution >= 4 is 33.3 Å². The normalized spacial score (nSPS) is 10.1. The molecule has 0 unspecified atom stereocenters. The van der Waals surface area contributed by atoms with E-state index in [9.17, 15) is 4.79 Å². The minimum absolute atomic E-state index is 0.155. The van der Waals surface area contributed by atoms with Crippen molar-refractivity contribution in [3.8, 4) is 0 Å². The van der Waals surface area contributed by atoms with Gasteiger partial charge >= 0.3 is 0 Å². The zero-order valence-electron chi connectivity index (χ0n) is 6.74. The Hall–Kier alpha value is -0.550. The van der Waals surface area contributed by atoms with E-state index < -0.39 is 0 Å². The zero-order chi connectivity index (χ0) is 8.97. The first kappa shape index (κ1) is 9.54. The second-order valence-electron chi connectivity index (χ2n) is 2.16. The highest BCUT2D eigenvalue weighted by Gasteiger charge is 2.05. The van der Waals surface area contributed by atoms with Gasteiger partial charge in [0.1, 0.15) is 0 Å². The fourth-order valence-corrected chi connectivity index (χ4v) is 1.90. The number of nitrogen functional groups attached to an aromatic ring is 1. The van der Waals surface area contributed by atoms with Gasteiger partial charge in [-0.05, 0) is 5.75 Å². The van der Waals surface area contributed by atoms with Crippen LogP contribution < -0.4 is 5.73 Å². The smallest absolute Gasteiger partial charge is 0.194 e. The number of rotatable bonds is 3. The summed E-state index contributed by atoms with van der Waals surface area (Å²) >= 11 is 2.69. The quantitative estimate of drug-likeness (QED) is 0.808. The standard InChI is InChI=1S/C7H10N2OS2/c1-2-11-6(10)3-5-4-12-7(8)9-5/h4H,2-3H2,1H3,(H2,8,9). The van der Waals surface area contributed by atoms with Gasteiger partial charge in [0.05, 0.1) is 12.1 Å². The monoisotopic (exact) mass is 202 g/mol. The van der Waals surface area contributed by atoms with Gasteiger partial charge in [-0.2, -0.15) is 0 Å². The third-order valence-electron chi connectivity index (χ3n) is 1.20. The van der Waals surface area contributed by atoms with Crippen LogP contribution in [0, 0.1) is 0 Å². The molecule has 0 aromatic carbocycles. The Morgan fingerprint density at radius 3 is 3.08 bits per heavy atom. The molecule has 1 aromatic rings. The molecular formula is C7H10N2OS2. The lowest BCUT2D eigenvalue weighted by Crippen LogP contribution is -1.98. The summed E-state index contributed by atoms with van der Waals surface area (Å²) < 4.78 is 0. The molecule has 3 nitrogen and oxygen atoms in total. The van der Waals surface area contributed by atoms with E-state index in [2.05, 4.69) is 4.98 Å². The lowest BCUT2D eigenvalue weighted by molar-refractivity contribution is -0.110. The van der Waals surface area contributed by atoms with Gasteiger partial charge in [0.15, 0.2) is 10.2 Å². The molecule has 0 spiro atoms. The second kappa shape index (κ2) is 4.47. The molecule has 0 atom stereocenters. The Bertz CT molecular complexity index is 272. The highest BCUT2D eigenvalue weighted by atomic mass is 32.2. The molecule has 0 aliphatic heterocycles. The molecule has 0 fully saturated rings. The number of nitrogens with two attached hydrogens (primary N) is 1. The van der Waals surface area contributed by atoms with Crippen molar-refractivity contribution in [3.05, 3.63) is 11.1 Å². The Labute approximate surface area is 79.4 Å². The van der Waals surface area contributed by atoms with Gasteiger partial charge < -0.3 is 5.73 Å². The maximum absolute atomic E-state index is 11.1. The number of aromatic nitrogens is 1. The lowest BCUT2D eigenvalue weighted by atomic mass is 10.4. The first-order chi connectivity index (χ1) is 5.72. The van der Waals surface area contributed by atoms with Crippen LogP contribution in [0.3, 0.4) is 0 Å². The molecule has 0 aliphatic rings. The van der Waals surface area contributed by atoms with E-state index in [1.807, 2.05) is 12.3 Å². The number of nitrogens with zero attached hydrogens (tertiary/aromatic N) is 1. The maximum Gasteiger partial charge on any atom is 0.194 e. The number of hydrogen-bond acceptors (Lipinski definition) is 5. The first-order valence-electron chi connectivity index (χ1n) is 3.58. The largest absolute Gasteiger partial charge is 0.375 e. The van der Waals surface area contributed by atoms with Crippen LogP contribution in [0.25, 0.3) is 0 Å². The molecule has 0 aliphatic carbocycles. The number of thiazole rings is 1. The van der Waals surface area contributed by atoms with Crippen molar-refractivity contribution in [2.24, 2.45) is 0 Å². The van der Waals surface area contributed by atoms with E-state index in [1.165, 1.54) is 23.1 Å². The van der Waals surface area contributed by atoms with E-state index in [0.29, 0.717) is 11.6 Å². The van der Waals surface area contributed by atoms with Crippen LogP contribution in [-0.4, -0.2) is 15.9 Å². The zero-order valence-corrected chi connectivity index (χ0v) is 8.37. The van der Waals surface area contributed by atoms with Gasteiger partial charge in [-0.15, -0.1) is 11.3 Å². The van der Waals surface area contributed by atoms with Crippen LogP contribution in [0.15, 0.2) is 5.38 Å². The van der Waals surface area contributed by atoms with Crippen LogP contribution in [0.1, 0.15) is 12.6 Å². The molecule has 0 bridgehead atoms. The number of carbonyl (C=O) groups excluding carboxylic acids is 1. The van der Waals surface area contributed by atoms with E-state index in [4.69, 9.17) is 5.73 Å². The maximum atomic E-state index is 11.1. The van der Waals surface area contributed by atoms with Gasteiger partial charge in [0.25, 0.3) is 0 Å². The molecular weight excluding hydrogens is 192 g/mol. The molecule has 0 saturated carbocycles. The molecule has 0 amide bonds. The third kappa shape index (κ3) is 2.83. The summed E-state index contributed by atoms with van der Waals surface area (Å²) in [6, 6.07) is 0. The molecule has 5 heteroatoms. The van der Waals surface area contributed by atoms with Crippen molar-refractivity contribution in [2.45, 2.75) is 13.3 Å².